The SMILES string of the molecule is CCC(N)C(OCCc1cccs1)c1ccc(Cl)s1. The molecule has 2 heterocycles. The molecule has 2 atom stereocenters. The van der Waals surface area contributed by atoms with E-state index in [9.17, 15) is 0 Å². The third-order valence-corrected chi connectivity index (χ3v) is 5.19. The van der Waals surface area contributed by atoms with Crippen LogP contribution >= 0.6 is 34.3 Å². The van der Waals surface area contributed by atoms with Gasteiger partial charge in [0.15, 0.2) is 0 Å². The summed E-state index contributed by atoms with van der Waals surface area (Å²) >= 11 is 9.30. The van der Waals surface area contributed by atoms with E-state index in [2.05, 4.69) is 24.4 Å². The average molecular weight is 316 g/mol. The van der Waals surface area contributed by atoms with Crippen LogP contribution in [-0.2, 0) is 11.2 Å². The molecule has 0 bridgehead atoms. The van der Waals surface area contributed by atoms with Crippen molar-refractivity contribution in [2.75, 3.05) is 6.61 Å². The van der Waals surface area contributed by atoms with Gasteiger partial charge in [0.2, 0.25) is 0 Å². The number of thiophene rings is 2. The van der Waals surface area contributed by atoms with Gasteiger partial charge in [-0.1, -0.05) is 24.6 Å². The van der Waals surface area contributed by atoms with Gasteiger partial charge in [-0.05, 0) is 30.0 Å². The maximum atomic E-state index is 6.16. The van der Waals surface area contributed by atoms with Crippen molar-refractivity contribution in [2.45, 2.75) is 31.9 Å². The summed E-state index contributed by atoms with van der Waals surface area (Å²) in [5, 5.41) is 2.09. The normalized spacial score (nSPS) is 14.5. The Morgan fingerprint density at radius 2 is 2.21 bits per heavy atom. The topological polar surface area (TPSA) is 35.2 Å². The van der Waals surface area contributed by atoms with Gasteiger partial charge in [0.1, 0.15) is 6.10 Å². The molecule has 104 valence electrons. The summed E-state index contributed by atoms with van der Waals surface area (Å²) in [6.07, 6.45) is 1.77. The van der Waals surface area contributed by atoms with Gasteiger partial charge >= 0.3 is 0 Å². The van der Waals surface area contributed by atoms with Crippen molar-refractivity contribution in [3.8, 4) is 0 Å². The minimum absolute atomic E-state index is 0.0121. The van der Waals surface area contributed by atoms with Gasteiger partial charge in [0.05, 0.1) is 10.9 Å². The molecule has 2 rings (SSSR count). The molecule has 2 nitrogen and oxygen atoms in total. The number of hydrogen-bond acceptors (Lipinski definition) is 4. The third kappa shape index (κ3) is 4.29. The first-order valence-corrected chi connectivity index (χ1v) is 8.43. The van der Waals surface area contributed by atoms with E-state index < -0.39 is 0 Å². The molecular weight excluding hydrogens is 298 g/mol. The Kier molecular flexibility index (Phi) is 5.85. The van der Waals surface area contributed by atoms with E-state index >= 15 is 0 Å². The minimum Gasteiger partial charge on any atom is -0.371 e. The van der Waals surface area contributed by atoms with E-state index in [0.29, 0.717) is 6.61 Å². The molecule has 2 aromatic rings. The summed E-state index contributed by atoms with van der Waals surface area (Å²) in [6, 6.07) is 8.12. The number of hydrogen-bond donors (Lipinski definition) is 1. The molecule has 0 saturated heterocycles. The molecule has 0 aliphatic heterocycles. The van der Waals surface area contributed by atoms with E-state index in [-0.39, 0.29) is 12.1 Å². The Balaban J connectivity index is 1.94. The van der Waals surface area contributed by atoms with Crippen LogP contribution in [0.3, 0.4) is 0 Å². The van der Waals surface area contributed by atoms with Gasteiger partial charge in [-0.15, -0.1) is 22.7 Å². The number of ether oxygens (including phenoxy) is 1. The number of nitrogens with two attached hydrogens (primary N) is 1. The predicted molar refractivity (Wildman–Crippen MR) is 84.3 cm³/mol. The average Bonchev–Trinajstić information content (AvgIpc) is 3.05. The maximum absolute atomic E-state index is 6.16. The standard InChI is InChI=1S/C14H18ClNOS2/c1-2-11(16)14(12-5-6-13(15)19-12)17-8-7-10-4-3-9-18-10/h3-6,9,11,14H,2,7-8,16H2,1H3. The predicted octanol–water partition coefficient (Wildman–Crippen LogP) is 4.50. The van der Waals surface area contributed by atoms with Crippen LogP contribution < -0.4 is 5.73 Å². The molecule has 0 radical (unpaired) electrons. The lowest BCUT2D eigenvalue weighted by molar-refractivity contribution is 0.0381. The van der Waals surface area contributed by atoms with Gasteiger partial charge in [-0.25, -0.2) is 0 Å². The Morgan fingerprint density at radius 3 is 2.79 bits per heavy atom. The van der Waals surface area contributed by atoms with Crippen LogP contribution in [0.2, 0.25) is 4.34 Å². The van der Waals surface area contributed by atoms with E-state index in [1.807, 2.05) is 12.1 Å². The lowest BCUT2D eigenvalue weighted by Crippen LogP contribution is -2.29. The highest BCUT2D eigenvalue weighted by molar-refractivity contribution is 7.16. The van der Waals surface area contributed by atoms with Crippen molar-refractivity contribution in [2.24, 2.45) is 5.73 Å². The molecule has 0 saturated carbocycles. The summed E-state index contributed by atoms with van der Waals surface area (Å²) in [5.41, 5.74) is 6.16. The lowest BCUT2D eigenvalue weighted by atomic mass is 10.1. The molecule has 2 N–H and O–H groups in total. The Morgan fingerprint density at radius 1 is 1.37 bits per heavy atom. The molecular formula is C14H18ClNOS2. The summed E-state index contributed by atoms with van der Waals surface area (Å²) in [4.78, 5) is 2.46. The molecule has 2 aromatic heterocycles. The Bertz CT molecular complexity index is 483. The van der Waals surface area contributed by atoms with Crippen LogP contribution in [0.1, 0.15) is 29.2 Å². The van der Waals surface area contributed by atoms with Gasteiger partial charge in [-0.2, -0.15) is 0 Å². The third-order valence-electron chi connectivity index (χ3n) is 2.96. The highest BCUT2D eigenvalue weighted by Gasteiger charge is 2.21. The first-order chi connectivity index (χ1) is 9.20. The van der Waals surface area contributed by atoms with Crippen molar-refractivity contribution < 1.29 is 4.74 Å². The van der Waals surface area contributed by atoms with Crippen molar-refractivity contribution in [3.05, 3.63) is 43.7 Å². The van der Waals surface area contributed by atoms with Crippen molar-refractivity contribution in [3.63, 3.8) is 0 Å². The summed E-state index contributed by atoms with van der Waals surface area (Å²) in [5.74, 6) is 0. The zero-order chi connectivity index (χ0) is 13.7. The fourth-order valence-electron chi connectivity index (χ4n) is 1.85. The lowest BCUT2D eigenvalue weighted by Gasteiger charge is -2.22. The first-order valence-electron chi connectivity index (χ1n) is 6.35. The van der Waals surface area contributed by atoms with E-state index in [0.717, 1.165) is 22.1 Å². The number of halogens is 1. The molecule has 5 heteroatoms. The molecule has 0 amide bonds. The molecule has 19 heavy (non-hydrogen) atoms. The van der Waals surface area contributed by atoms with Crippen LogP contribution in [0.5, 0.6) is 0 Å². The highest BCUT2D eigenvalue weighted by Crippen LogP contribution is 2.31. The molecule has 0 aliphatic carbocycles. The van der Waals surface area contributed by atoms with Crippen molar-refractivity contribution >= 4 is 34.3 Å². The van der Waals surface area contributed by atoms with E-state index in [1.54, 1.807) is 22.7 Å². The zero-order valence-corrected chi connectivity index (χ0v) is 13.2. The van der Waals surface area contributed by atoms with Crippen LogP contribution in [-0.4, -0.2) is 12.6 Å². The van der Waals surface area contributed by atoms with Crippen LogP contribution in [0.4, 0.5) is 0 Å². The van der Waals surface area contributed by atoms with Crippen LogP contribution in [0, 0.1) is 0 Å². The second-order valence-electron chi connectivity index (χ2n) is 4.33. The molecule has 0 aliphatic rings. The van der Waals surface area contributed by atoms with E-state index in [1.165, 1.54) is 4.88 Å². The maximum Gasteiger partial charge on any atom is 0.107 e. The highest BCUT2D eigenvalue weighted by atomic mass is 35.5. The van der Waals surface area contributed by atoms with Gasteiger partial charge in [0, 0.05) is 22.2 Å². The van der Waals surface area contributed by atoms with Crippen molar-refractivity contribution in [1.82, 2.24) is 0 Å². The summed E-state index contributed by atoms with van der Waals surface area (Å²) in [7, 11) is 0. The molecule has 0 aromatic carbocycles. The summed E-state index contributed by atoms with van der Waals surface area (Å²) < 4.78 is 6.78. The molecule has 0 spiro atoms. The van der Waals surface area contributed by atoms with Gasteiger partial charge in [-0.3, -0.25) is 0 Å². The minimum atomic E-state index is -0.0533. The second-order valence-corrected chi connectivity index (χ2v) is 7.11. The Labute approximate surface area is 127 Å². The van der Waals surface area contributed by atoms with Gasteiger partial charge in [0.25, 0.3) is 0 Å². The van der Waals surface area contributed by atoms with E-state index in [4.69, 9.17) is 22.1 Å². The van der Waals surface area contributed by atoms with Crippen LogP contribution in [0.15, 0.2) is 29.6 Å². The zero-order valence-electron chi connectivity index (χ0n) is 10.8. The second kappa shape index (κ2) is 7.41. The quantitative estimate of drug-likeness (QED) is 0.816. The molecule has 0 fully saturated rings. The fourth-order valence-corrected chi connectivity index (χ4v) is 3.73. The largest absolute Gasteiger partial charge is 0.371 e. The fraction of sp³-hybridized carbons (Fsp3) is 0.429. The monoisotopic (exact) mass is 315 g/mol. The smallest absolute Gasteiger partial charge is 0.107 e. The van der Waals surface area contributed by atoms with Gasteiger partial charge < -0.3 is 10.5 Å². The summed E-state index contributed by atoms with van der Waals surface area (Å²) in [6.45, 7) is 2.77. The van der Waals surface area contributed by atoms with Crippen molar-refractivity contribution in [1.29, 1.82) is 0 Å². The number of rotatable bonds is 7. The molecule has 2 unspecified atom stereocenters. The Hall–Kier alpha value is -0.390. The van der Waals surface area contributed by atoms with Crippen LogP contribution in [0.25, 0.3) is 0 Å². The first kappa shape index (κ1) is 15.0.